The highest BCUT2D eigenvalue weighted by molar-refractivity contribution is 7.26. The van der Waals surface area contributed by atoms with E-state index in [-0.39, 0.29) is 5.82 Å². The molecule has 148 valence electrons. The summed E-state index contributed by atoms with van der Waals surface area (Å²) in [5, 5.41) is 5.07. The van der Waals surface area contributed by atoms with Crippen LogP contribution in [0.2, 0.25) is 0 Å². The van der Waals surface area contributed by atoms with Crippen molar-refractivity contribution in [2.75, 3.05) is 4.90 Å². The third-order valence-electron chi connectivity index (χ3n) is 5.70. The maximum absolute atomic E-state index is 13.6. The highest BCUT2D eigenvalue weighted by Crippen LogP contribution is 2.42. The van der Waals surface area contributed by atoms with Gasteiger partial charge in [-0.05, 0) is 71.4 Å². The van der Waals surface area contributed by atoms with E-state index in [1.54, 1.807) is 0 Å². The summed E-state index contributed by atoms with van der Waals surface area (Å²) < 4.78 is 16.2. The number of nitrogens with zero attached hydrogens (tertiary/aromatic N) is 1. The lowest BCUT2D eigenvalue weighted by Gasteiger charge is -2.25. The van der Waals surface area contributed by atoms with Gasteiger partial charge in [-0.15, -0.1) is 11.3 Å². The van der Waals surface area contributed by atoms with Gasteiger partial charge in [0.1, 0.15) is 5.82 Å². The number of anilines is 3. The SMILES string of the molecule is Fc1ccc(N(c2ccccc2)c2ccc3sc4ccc5ccccc5c4c3c2)cc1. The van der Waals surface area contributed by atoms with E-state index in [2.05, 4.69) is 71.6 Å². The van der Waals surface area contributed by atoms with Gasteiger partial charge in [0.15, 0.2) is 0 Å². The second-order valence-electron chi connectivity index (χ2n) is 7.59. The molecule has 0 unspecified atom stereocenters. The molecule has 0 spiro atoms. The normalized spacial score (nSPS) is 11.4. The van der Waals surface area contributed by atoms with E-state index in [1.807, 2.05) is 41.7 Å². The Balaban J connectivity index is 1.63. The summed E-state index contributed by atoms with van der Waals surface area (Å²) in [6.45, 7) is 0. The van der Waals surface area contributed by atoms with Gasteiger partial charge in [-0.3, -0.25) is 0 Å². The Morgan fingerprint density at radius 1 is 0.548 bits per heavy atom. The van der Waals surface area contributed by atoms with Crippen LogP contribution in [0.3, 0.4) is 0 Å². The molecule has 0 atom stereocenters. The molecule has 0 N–H and O–H groups in total. The molecule has 1 aromatic heterocycles. The van der Waals surface area contributed by atoms with Crippen LogP contribution in [0.4, 0.5) is 21.5 Å². The summed E-state index contributed by atoms with van der Waals surface area (Å²) in [7, 11) is 0. The van der Waals surface area contributed by atoms with Gasteiger partial charge >= 0.3 is 0 Å². The van der Waals surface area contributed by atoms with Gasteiger partial charge < -0.3 is 4.90 Å². The summed E-state index contributed by atoms with van der Waals surface area (Å²) in [5.41, 5.74) is 3.02. The first-order valence-electron chi connectivity index (χ1n) is 10.2. The number of hydrogen-bond donors (Lipinski definition) is 0. The Morgan fingerprint density at radius 3 is 2.06 bits per heavy atom. The molecular formula is C28H18FNS. The highest BCUT2D eigenvalue weighted by Gasteiger charge is 2.15. The first-order chi connectivity index (χ1) is 15.3. The zero-order valence-corrected chi connectivity index (χ0v) is 17.4. The van der Waals surface area contributed by atoms with Gasteiger partial charge in [-0.25, -0.2) is 4.39 Å². The van der Waals surface area contributed by atoms with Crippen molar-refractivity contribution in [1.82, 2.24) is 0 Å². The number of fused-ring (bicyclic) bond motifs is 5. The molecule has 1 heterocycles. The molecule has 3 heteroatoms. The molecule has 0 amide bonds. The molecule has 0 aliphatic heterocycles. The van der Waals surface area contributed by atoms with Crippen LogP contribution in [0.15, 0.2) is 109 Å². The minimum Gasteiger partial charge on any atom is -0.310 e. The van der Waals surface area contributed by atoms with Crippen molar-refractivity contribution in [3.05, 3.63) is 115 Å². The molecule has 0 fully saturated rings. The van der Waals surface area contributed by atoms with Gasteiger partial charge in [-0.1, -0.05) is 48.5 Å². The Bertz CT molecular complexity index is 1530. The average Bonchev–Trinajstić information content (AvgIpc) is 3.20. The summed E-state index contributed by atoms with van der Waals surface area (Å²) in [5.74, 6) is -0.234. The predicted octanol–water partition coefficient (Wildman–Crippen LogP) is 8.82. The number of benzene rings is 5. The minimum absolute atomic E-state index is 0.234. The monoisotopic (exact) mass is 419 g/mol. The molecule has 0 radical (unpaired) electrons. The molecule has 31 heavy (non-hydrogen) atoms. The van der Waals surface area contributed by atoms with Crippen molar-refractivity contribution >= 4 is 59.3 Å². The van der Waals surface area contributed by atoms with E-state index < -0.39 is 0 Å². The van der Waals surface area contributed by atoms with Crippen molar-refractivity contribution in [3.8, 4) is 0 Å². The first kappa shape index (κ1) is 18.1. The van der Waals surface area contributed by atoms with Crippen LogP contribution in [0.5, 0.6) is 0 Å². The van der Waals surface area contributed by atoms with Crippen LogP contribution in [0.1, 0.15) is 0 Å². The van der Waals surface area contributed by atoms with E-state index in [4.69, 9.17) is 0 Å². The van der Waals surface area contributed by atoms with Crippen LogP contribution >= 0.6 is 11.3 Å². The molecule has 6 rings (SSSR count). The maximum atomic E-state index is 13.6. The van der Waals surface area contributed by atoms with Crippen LogP contribution in [0.25, 0.3) is 30.9 Å². The van der Waals surface area contributed by atoms with Gasteiger partial charge in [0.2, 0.25) is 0 Å². The quantitative estimate of drug-likeness (QED) is 0.277. The number of halogens is 1. The number of hydrogen-bond acceptors (Lipinski definition) is 2. The third-order valence-corrected chi connectivity index (χ3v) is 6.84. The summed E-state index contributed by atoms with van der Waals surface area (Å²) in [6, 6.07) is 36.5. The molecule has 5 aromatic carbocycles. The lowest BCUT2D eigenvalue weighted by molar-refractivity contribution is 0.628. The van der Waals surface area contributed by atoms with Gasteiger partial charge in [0.25, 0.3) is 0 Å². The molecular weight excluding hydrogens is 401 g/mol. The lowest BCUT2D eigenvalue weighted by atomic mass is 10.0. The van der Waals surface area contributed by atoms with Crippen LogP contribution in [-0.4, -0.2) is 0 Å². The van der Waals surface area contributed by atoms with Crippen LogP contribution in [-0.2, 0) is 0 Å². The Kier molecular flexibility index (Phi) is 4.22. The average molecular weight is 420 g/mol. The van der Waals surface area contributed by atoms with Crippen LogP contribution in [0, 0.1) is 5.82 Å². The van der Waals surface area contributed by atoms with Gasteiger partial charge in [0.05, 0.1) is 0 Å². The van der Waals surface area contributed by atoms with E-state index >= 15 is 0 Å². The molecule has 1 nitrogen and oxygen atoms in total. The van der Waals surface area contributed by atoms with E-state index in [0.29, 0.717) is 0 Å². The fourth-order valence-electron chi connectivity index (χ4n) is 4.29. The second-order valence-corrected chi connectivity index (χ2v) is 8.67. The summed E-state index contributed by atoms with van der Waals surface area (Å²) in [4.78, 5) is 2.17. The number of rotatable bonds is 3. The standard InChI is InChI=1S/C28H18FNS/c29-20-11-13-22(14-12-20)30(21-7-2-1-3-8-21)23-15-17-26-25(18-23)28-24-9-5-4-6-19(24)10-16-27(28)31-26/h1-18H. The number of thiophene rings is 1. The smallest absolute Gasteiger partial charge is 0.123 e. The maximum Gasteiger partial charge on any atom is 0.123 e. The Hall–Kier alpha value is -3.69. The highest BCUT2D eigenvalue weighted by atomic mass is 32.1. The van der Waals surface area contributed by atoms with Gasteiger partial charge in [0, 0.05) is 37.2 Å². The number of para-hydroxylation sites is 1. The molecule has 0 saturated heterocycles. The van der Waals surface area contributed by atoms with E-state index in [1.165, 1.54) is 43.1 Å². The zero-order chi connectivity index (χ0) is 20.8. The molecule has 0 aliphatic rings. The van der Waals surface area contributed by atoms with Crippen molar-refractivity contribution in [1.29, 1.82) is 0 Å². The zero-order valence-electron chi connectivity index (χ0n) is 16.6. The van der Waals surface area contributed by atoms with Gasteiger partial charge in [-0.2, -0.15) is 0 Å². The Morgan fingerprint density at radius 2 is 1.23 bits per heavy atom. The fraction of sp³-hybridized carbons (Fsp3) is 0. The first-order valence-corrected chi connectivity index (χ1v) is 11.0. The minimum atomic E-state index is -0.234. The third kappa shape index (κ3) is 3.06. The molecule has 0 saturated carbocycles. The molecule has 0 bridgehead atoms. The lowest BCUT2D eigenvalue weighted by Crippen LogP contribution is -2.09. The summed E-state index contributed by atoms with van der Waals surface area (Å²) in [6.07, 6.45) is 0. The van der Waals surface area contributed by atoms with Crippen molar-refractivity contribution in [2.45, 2.75) is 0 Å². The topological polar surface area (TPSA) is 3.24 Å². The van der Waals surface area contributed by atoms with E-state index in [0.717, 1.165) is 17.1 Å². The molecule has 0 aliphatic carbocycles. The van der Waals surface area contributed by atoms with Crippen molar-refractivity contribution < 1.29 is 4.39 Å². The largest absolute Gasteiger partial charge is 0.310 e. The fourth-order valence-corrected chi connectivity index (χ4v) is 5.39. The predicted molar refractivity (Wildman–Crippen MR) is 131 cm³/mol. The summed E-state index contributed by atoms with van der Waals surface area (Å²) >= 11 is 1.82. The van der Waals surface area contributed by atoms with Crippen molar-refractivity contribution in [2.24, 2.45) is 0 Å². The molecule has 6 aromatic rings. The second kappa shape index (κ2) is 7.22. The van der Waals surface area contributed by atoms with Crippen LogP contribution < -0.4 is 4.90 Å². The Labute approximate surface area is 183 Å². The van der Waals surface area contributed by atoms with Crippen molar-refractivity contribution in [3.63, 3.8) is 0 Å². The van der Waals surface area contributed by atoms with E-state index in [9.17, 15) is 4.39 Å².